The minimum Gasteiger partial charge on any atom is -0.258 e. The molecule has 0 aliphatic heterocycles. The molecule has 94 valence electrons. The Labute approximate surface area is 107 Å². The second-order valence-electron chi connectivity index (χ2n) is 3.69. The summed E-state index contributed by atoms with van der Waals surface area (Å²) in [6.07, 6.45) is 1.50. The lowest BCUT2D eigenvalue weighted by Crippen LogP contribution is -2.05. The van der Waals surface area contributed by atoms with Gasteiger partial charge in [0.15, 0.2) is 5.03 Å². The summed E-state index contributed by atoms with van der Waals surface area (Å²) in [5.74, 6) is 0. The maximum atomic E-state index is 10.9. The van der Waals surface area contributed by atoms with Gasteiger partial charge in [0, 0.05) is 12.3 Å². The van der Waals surface area contributed by atoms with Crippen LogP contribution in [-0.2, 0) is 0 Å². The largest absolute Gasteiger partial charge is 0.301 e. The summed E-state index contributed by atoms with van der Waals surface area (Å²) in [6.45, 7) is 3.85. The zero-order valence-corrected chi connectivity index (χ0v) is 10.5. The molecule has 2 heterocycles. The molecule has 0 saturated heterocycles. The van der Waals surface area contributed by atoms with Gasteiger partial charge in [-0.2, -0.15) is 0 Å². The molecule has 18 heavy (non-hydrogen) atoms. The van der Waals surface area contributed by atoms with Gasteiger partial charge >= 0.3 is 5.69 Å². The second-order valence-corrected chi connectivity index (χ2v) is 4.64. The first kappa shape index (κ1) is 12.4. The summed E-state index contributed by atoms with van der Waals surface area (Å²) < 4.78 is 1.59. The molecule has 0 saturated carbocycles. The monoisotopic (exact) mass is 266 g/mol. The lowest BCUT2D eigenvalue weighted by atomic mass is 10.4. The summed E-state index contributed by atoms with van der Waals surface area (Å²) >= 11 is 1.08. The van der Waals surface area contributed by atoms with Crippen LogP contribution in [0.25, 0.3) is 0 Å². The number of aromatic nitrogens is 5. The third-order valence-corrected chi connectivity index (χ3v) is 3.05. The van der Waals surface area contributed by atoms with E-state index in [1.54, 1.807) is 4.68 Å². The van der Waals surface area contributed by atoms with Crippen LogP contribution in [0.5, 0.6) is 0 Å². The van der Waals surface area contributed by atoms with Gasteiger partial charge in [-0.3, -0.25) is 10.1 Å². The third kappa shape index (κ3) is 2.45. The highest BCUT2D eigenvalue weighted by molar-refractivity contribution is 7.99. The zero-order chi connectivity index (χ0) is 13.1. The predicted octanol–water partition coefficient (Wildman–Crippen LogP) is 1.71. The molecule has 2 aromatic rings. The van der Waals surface area contributed by atoms with Crippen molar-refractivity contribution in [2.75, 3.05) is 0 Å². The minimum absolute atomic E-state index is 0.0548. The van der Waals surface area contributed by atoms with Gasteiger partial charge in [-0.15, -0.1) is 5.10 Å². The fourth-order valence-corrected chi connectivity index (χ4v) is 2.22. The van der Waals surface area contributed by atoms with Gasteiger partial charge in [0.2, 0.25) is 5.16 Å². The van der Waals surface area contributed by atoms with Crippen molar-refractivity contribution in [3.8, 4) is 0 Å². The second kappa shape index (κ2) is 5.08. The molecule has 0 aliphatic carbocycles. The molecule has 0 aromatic carbocycles. The van der Waals surface area contributed by atoms with E-state index in [4.69, 9.17) is 0 Å². The molecule has 0 bridgehead atoms. The van der Waals surface area contributed by atoms with Crippen LogP contribution in [0.4, 0.5) is 5.69 Å². The normalized spacial score (nSPS) is 10.8. The zero-order valence-electron chi connectivity index (χ0n) is 9.72. The van der Waals surface area contributed by atoms with Crippen LogP contribution in [0.1, 0.15) is 19.9 Å². The first-order valence-corrected chi connectivity index (χ1v) is 5.96. The van der Waals surface area contributed by atoms with Crippen LogP contribution in [0, 0.1) is 10.1 Å². The van der Waals surface area contributed by atoms with Crippen LogP contribution in [0.15, 0.2) is 28.5 Å². The van der Waals surface area contributed by atoms with E-state index in [9.17, 15) is 10.1 Å². The SMILES string of the molecule is CC(C)n1nnnc1Sc1ncccc1[N+](=O)[O-]. The molecule has 0 spiro atoms. The fourth-order valence-electron chi connectivity index (χ4n) is 1.26. The van der Waals surface area contributed by atoms with Gasteiger partial charge in [-0.1, -0.05) is 0 Å². The average Bonchev–Trinajstić information content (AvgIpc) is 2.77. The Kier molecular flexibility index (Phi) is 3.51. The highest BCUT2D eigenvalue weighted by atomic mass is 32.2. The van der Waals surface area contributed by atoms with E-state index in [1.165, 1.54) is 18.3 Å². The number of hydrogen-bond acceptors (Lipinski definition) is 7. The predicted molar refractivity (Wildman–Crippen MR) is 63.2 cm³/mol. The van der Waals surface area contributed by atoms with Crippen molar-refractivity contribution in [2.45, 2.75) is 30.1 Å². The van der Waals surface area contributed by atoms with E-state index in [0.717, 1.165) is 11.8 Å². The Morgan fingerprint density at radius 3 is 2.94 bits per heavy atom. The molecule has 2 aromatic heterocycles. The fraction of sp³-hybridized carbons (Fsp3) is 0.333. The molecule has 0 amide bonds. The summed E-state index contributed by atoms with van der Waals surface area (Å²) in [5.41, 5.74) is -0.0548. The average molecular weight is 266 g/mol. The molecule has 0 radical (unpaired) electrons. The van der Waals surface area contributed by atoms with Crippen molar-refractivity contribution >= 4 is 17.4 Å². The van der Waals surface area contributed by atoms with Crippen molar-refractivity contribution in [3.05, 3.63) is 28.4 Å². The number of tetrazole rings is 1. The Hall–Kier alpha value is -2.03. The van der Waals surface area contributed by atoms with E-state index < -0.39 is 4.92 Å². The smallest absolute Gasteiger partial charge is 0.258 e. The Morgan fingerprint density at radius 2 is 2.28 bits per heavy atom. The highest BCUT2D eigenvalue weighted by Crippen LogP contribution is 2.31. The number of nitro groups is 1. The number of hydrogen-bond donors (Lipinski definition) is 0. The molecule has 9 heteroatoms. The molecule has 0 aliphatic rings. The summed E-state index contributed by atoms with van der Waals surface area (Å²) in [5, 5.41) is 22.8. The van der Waals surface area contributed by atoms with E-state index in [-0.39, 0.29) is 16.8 Å². The maximum absolute atomic E-state index is 10.9. The molecular weight excluding hydrogens is 256 g/mol. The number of rotatable bonds is 4. The van der Waals surface area contributed by atoms with Crippen molar-refractivity contribution in [2.24, 2.45) is 0 Å². The first-order valence-electron chi connectivity index (χ1n) is 5.14. The third-order valence-electron chi connectivity index (χ3n) is 2.09. The quantitative estimate of drug-likeness (QED) is 0.613. The van der Waals surface area contributed by atoms with Crippen molar-refractivity contribution < 1.29 is 4.92 Å². The maximum Gasteiger partial charge on any atom is 0.301 e. The van der Waals surface area contributed by atoms with Crippen LogP contribution in [0.2, 0.25) is 0 Å². The molecule has 0 N–H and O–H groups in total. The van der Waals surface area contributed by atoms with Crippen LogP contribution < -0.4 is 0 Å². The number of nitrogens with zero attached hydrogens (tertiary/aromatic N) is 6. The minimum atomic E-state index is -0.473. The molecule has 8 nitrogen and oxygen atoms in total. The van der Waals surface area contributed by atoms with Gasteiger partial charge in [0.05, 0.1) is 11.0 Å². The van der Waals surface area contributed by atoms with Gasteiger partial charge in [0.25, 0.3) is 0 Å². The lowest BCUT2D eigenvalue weighted by molar-refractivity contribution is -0.388. The highest BCUT2D eigenvalue weighted by Gasteiger charge is 2.19. The van der Waals surface area contributed by atoms with Crippen molar-refractivity contribution in [1.29, 1.82) is 0 Å². The van der Waals surface area contributed by atoms with Crippen molar-refractivity contribution in [1.82, 2.24) is 25.2 Å². The Morgan fingerprint density at radius 1 is 1.50 bits per heavy atom. The Bertz CT molecular complexity index is 570. The topological polar surface area (TPSA) is 99.6 Å². The van der Waals surface area contributed by atoms with Gasteiger partial charge < -0.3 is 0 Å². The standard InChI is InChI=1S/C9H10N6O2S/c1-6(2)14-9(11-12-13-14)18-8-7(15(16)17)4-3-5-10-8/h3-6H,1-2H3. The van der Waals surface area contributed by atoms with Gasteiger partial charge in [0.1, 0.15) is 0 Å². The summed E-state index contributed by atoms with van der Waals surface area (Å²) in [4.78, 5) is 14.4. The molecule has 0 unspecified atom stereocenters. The Balaban J connectivity index is 2.34. The van der Waals surface area contributed by atoms with Gasteiger partial charge in [-0.25, -0.2) is 9.67 Å². The number of pyridine rings is 1. The lowest BCUT2D eigenvalue weighted by Gasteiger charge is -2.06. The first-order chi connectivity index (χ1) is 8.59. The van der Waals surface area contributed by atoms with E-state index in [1.807, 2.05) is 13.8 Å². The van der Waals surface area contributed by atoms with Crippen molar-refractivity contribution in [3.63, 3.8) is 0 Å². The summed E-state index contributed by atoms with van der Waals surface area (Å²) in [7, 11) is 0. The summed E-state index contributed by atoms with van der Waals surface area (Å²) in [6, 6.07) is 3.00. The van der Waals surface area contributed by atoms with Crippen LogP contribution >= 0.6 is 11.8 Å². The van der Waals surface area contributed by atoms with Gasteiger partial charge in [-0.05, 0) is 42.1 Å². The molecule has 2 rings (SSSR count). The molecule has 0 atom stereocenters. The molecular formula is C9H10N6O2S. The van der Waals surface area contributed by atoms with E-state index >= 15 is 0 Å². The van der Waals surface area contributed by atoms with E-state index in [2.05, 4.69) is 20.5 Å². The van der Waals surface area contributed by atoms with Crippen LogP contribution in [-0.4, -0.2) is 30.1 Å². The van der Waals surface area contributed by atoms with Crippen LogP contribution in [0.3, 0.4) is 0 Å². The van der Waals surface area contributed by atoms with E-state index in [0.29, 0.717) is 5.16 Å². The molecule has 0 fully saturated rings.